The van der Waals surface area contributed by atoms with Crippen LogP contribution in [0.5, 0.6) is 0 Å². The Labute approximate surface area is 106 Å². The Kier molecular flexibility index (Phi) is 4.36. The van der Waals surface area contributed by atoms with E-state index in [4.69, 9.17) is 0 Å². The standard InChI is InChI=1S/C14H27N3/c1-13(2,3)11-14(4,5)16-8-7-12-15-9-10-17(12)6/h9-10,16H,7-8,11H2,1-6H3. The van der Waals surface area contributed by atoms with Crippen molar-refractivity contribution in [3.63, 3.8) is 0 Å². The van der Waals surface area contributed by atoms with Crippen molar-refractivity contribution in [2.24, 2.45) is 12.5 Å². The molecule has 98 valence electrons. The molecule has 0 fully saturated rings. The van der Waals surface area contributed by atoms with E-state index < -0.39 is 0 Å². The molecule has 3 nitrogen and oxygen atoms in total. The molecule has 0 unspecified atom stereocenters. The molecule has 0 aliphatic carbocycles. The lowest BCUT2D eigenvalue weighted by molar-refractivity contribution is 0.243. The lowest BCUT2D eigenvalue weighted by Crippen LogP contribution is -2.43. The summed E-state index contributed by atoms with van der Waals surface area (Å²) >= 11 is 0. The summed E-state index contributed by atoms with van der Waals surface area (Å²) < 4.78 is 2.08. The van der Waals surface area contributed by atoms with Crippen molar-refractivity contribution >= 4 is 0 Å². The van der Waals surface area contributed by atoms with Crippen molar-refractivity contribution < 1.29 is 0 Å². The van der Waals surface area contributed by atoms with Crippen LogP contribution < -0.4 is 5.32 Å². The summed E-state index contributed by atoms with van der Waals surface area (Å²) in [5.41, 5.74) is 0.545. The molecule has 0 spiro atoms. The van der Waals surface area contributed by atoms with Crippen LogP contribution in [0.3, 0.4) is 0 Å². The highest BCUT2D eigenvalue weighted by molar-refractivity contribution is 4.92. The van der Waals surface area contributed by atoms with Gasteiger partial charge >= 0.3 is 0 Å². The number of hydrogen-bond acceptors (Lipinski definition) is 2. The predicted molar refractivity (Wildman–Crippen MR) is 73.1 cm³/mol. The SMILES string of the molecule is Cn1ccnc1CCNC(C)(C)CC(C)(C)C. The Balaban J connectivity index is 2.38. The molecule has 1 aromatic rings. The monoisotopic (exact) mass is 237 g/mol. The maximum Gasteiger partial charge on any atom is 0.109 e. The molecule has 0 bridgehead atoms. The van der Waals surface area contributed by atoms with Gasteiger partial charge in [-0.1, -0.05) is 20.8 Å². The number of imidazole rings is 1. The number of aromatic nitrogens is 2. The molecule has 1 N–H and O–H groups in total. The zero-order valence-electron chi connectivity index (χ0n) is 12.2. The first-order chi connectivity index (χ1) is 7.70. The van der Waals surface area contributed by atoms with Gasteiger partial charge in [0, 0.05) is 37.9 Å². The summed E-state index contributed by atoms with van der Waals surface area (Å²) in [6.07, 6.45) is 6.00. The fourth-order valence-corrected chi connectivity index (χ4v) is 2.54. The van der Waals surface area contributed by atoms with Gasteiger partial charge in [-0.05, 0) is 25.7 Å². The van der Waals surface area contributed by atoms with E-state index in [0.29, 0.717) is 5.41 Å². The zero-order valence-corrected chi connectivity index (χ0v) is 12.2. The van der Waals surface area contributed by atoms with Crippen molar-refractivity contribution in [1.82, 2.24) is 14.9 Å². The predicted octanol–water partition coefficient (Wildman–Crippen LogP) is 2.77. The first-order valence-electron chi connectivity index (χ1n) is 6.41. The Bertz CT molecular complexity index is 345. The molecular weight excluding hydrogens is 210 g/mol. The van der Waals surface area contributed by atoms with Crippen molar-refractivity contribution in [3.05, 3.63) is 18.2 Å². The summed E-state index contributed by atoms with van der Waals surface area (Å²) in [6, 6.07) is 0. The maximum atomic E-state index is 4.33. The van der Waals surface area contributed by atoms with E-state index in [2.05, 4.69) is 49.5 Å². The van der Waals surface area contributed by atoms with Crippen LogP contribution in [0.1, 0.15) is 46.9 Å². The Morgan fingerprint density at radius 2 is 1.88 bits per heavy atom. The van der Waals surface area contributed by atoms with Gasteiger partial charge in [-0.3, -0.25) is 0 Å². The first kappa shape index (κ1) is 14.2. The van der Waals surface area contributed by atoms with Crippen molar-refractivity contribution in [2.75, 3.05) is 6.54 Å². The number of nitrogens with zero attached hydrogens (tertiary/aromatic N) is 2. The van der Waals surface area contributed by atoms with E-state index in [9.17, 15) is 0 Å². The minimum Gasteiger partial charge on any atom is -0.338 e. The molecule has 1 aromatic heterocycles. The van der Waals surface area contributed by atoms with Gasteiger partial charge in [0.1, 0.15) is 5.82 Å². The Morgan fingerprint density at radius 1 is 1.24 bits per heavy atom. The third-order valence-electron chi connectivity index (χ3n) is 2.85. The molecule has 0 atom stereocenters. The van der Waals surface area contributed by atoms with Crippen LogP contribution in [0.4, 0.5) is 0 Å². The van der Waals surface area contributed by atoms with Gasteiger partial charge in [-0.2, -0.15) is 0 Å². The molecule has 0 amide bonds. The normalized spacial score (nSPS) is 13.1. The third-order valence-corrected chi connectivity index (χ3v) is 2.85. The van der Waals surface area contributed by atoms with Gasteiger partial charge in [0.05, 0.1) is 0 Å². The van der Waals surface area contributed by atoms with Gasteiger partial charge in [0.25, 0.3) is 0 Å². The fourth-order valence-electron chi connectivity index (χ4n) is 2.54. The van der Waals surface area contributed by atoms with Crippen molar-refractivity contribution in [3.8, 4) is 0 Å². The van der Waals surface area contributed by atoms with Gasteiger partial charge in [-0.15, -0.1) is 0 Å². The van der Waals surface area contributed by atoms with Crippen LogP contribution >= 0.6 is 0 Å². The summed E-state index contributed by atoms with van der Waals surface area (Å²) in [5.74, 6) is 1.14. The van der Waals surface area contributed by atoms with Crippen LogP contribution in [-0.4, -0.2) is 21.6 Å². The molecule has 0 saturated carbocycles. The molecule has 0 aromatic carbocycles. The van der Waals surface area contributed by atoms with Gasteiger partial charge < -0.3 is 9.88 Å². The van der Waals surface area contributed by atoms with E-state index in [-0.39, 0.29) is 5.54 Å². The third kappa shape index (κ3) is 5.35. The lowest BCUT2D eigenvalue weighted by atomic mass is 9.82. The zero-order chi connectivity index (χ0) is 13.1. The van der Waals surface area contributed by atoms with E-state index in [1.165, 1.54) is 6.42 Å². The first-order valence-corrected chi connectivity index (χ1v) is 6.41. The fraction of sp³-hybridized carbons (Fsp3) is 0.786. The Morgan fingerprint density at radius 3 is 2.35 bits per heavy atom. The summed E-state index contributed by atoms with van der Waals surface area (Å²) in [4.78, 5) is 4.33. The van der Waals surface area contributed by atoms with E-state index in [1.54, 1.807) is 0 Å². The number of hydrogen-bond donors (Lipinski definition) is 1. The Hall–Kier alpha value is -0.830. The second-order valence-electron chi connectivity index (χ2n) is 6.75. The topological polar surface area (TPSA) is 29.9 Å². The molecule has 0 saturated heterocycles. The van der Waals surface area contributed by atoms with Crippen LogP contribution in [-0.2, 0) is 13.5 Å². The molecule has 0 aliphatic heterocycles. The molecule has 0 radical (unpaired) electrons. The van der Waals surface area contributed by atoms with Crippen LogP contribution in [0, 0.1) is 5.41 Å². The minimum absolute atomic E-state index is 0.184. The summed E-state index contributed by atoms with van der Waals surface area (Å²) in [7, 11) is 2.04. The van der Waals surface area contributed by atoms with Crippen molar-refractivity contribution in [2.45, 2.75) is 53.0 Å². The average Bonchev–Trinajstić information content (AvgIpc) is 2.47. The van der Waals surface area contributed by atoms with Gasteiger partial charge in [0.15, 0.2) is 0 Å². The maximum absolute atomic E-state index is 4.33. The van der Waals surface area contributed by atoms with E-state index in [0.717, 1.165) is 18.8 Å². The van der Waals surface area contributed by atoms with Crippen molar-refractivity contribution in [1.29, 1.82) is 0 Å². The van der Waals surface area contributed by atoms with Crippen LogP contribution in [0.2, 0.25) is 0 Å². The second-order valence-corrected chi connectivity index (χ2v) is 6.75. The molecule has 1 heterocycles. The summed E-state index contributed by atoms with van der Waals surface area (Å²) in [5, 5.41) is 3.63. The van der Waals surface area contributed by atoms with E-state index in [1.807, 2.05) is 19.4 Å². The van der Waals surface area contributed by atoms with Crippen LogP contribution in [0.25, 0.3) is 0 Å². The quantitative estimate of drug-likeness (QED) is 0.853. The van der Waals surface area contributed by atoms with E-state index >= 15 is 0 Å². The van der Waals surface area contributed by atoms with Gasteiger partial charge in [-0.25, -0.2) is 4.98 Å². The molecular formula is C14H27N3. The number of rotatable bonds is 5. The largest absolute Gasteiger partial charge is 0.338 e. The molecule has 1 rings (SSSR count). The summed E-state index contributed by atoms with van der Waals surface area (Å²) in [6.45, 7) is 12.4. The average molecular weight is 237 g/mol. The van der Waals surface area contributed by atoms with Crippen LogP contribution in [0.15, 0.2) is 12.4 Å². The lowest BCUT2D eigenvalue weighted by Gasteiger charge is -2.33. The smallest absolute Gasteiger partial charge is 0.109 e. The van der Waals surface area contributed by atoms with Gasteiger partial charge in [0.2, 0.25) is 0 Å². The highest BCUT2D eigenvalue weighted by atomic mass is 15.0. The number of aryl methyl sites for hydroxylation is 1. The molecule has 3 heteroatoms. The highest BCUT2D eigenvalue weighted by Crippen LogP contribution is 2.26. The molecule has 17 heavy (non-hydrogen) atoms. The highest BCUT2D eigenvalue weighted by Gasteiger charge is 2.24. The second kappa shape index (κ2) is 5.21. The molecule has 0 aliphatic rings. The number of nitrogens with one attached hydrogen (secondary N) is 1. The minimum atomic E-state index is 0.184.